The lowest BCUT2D eigenvalue weighted by Gasteiger charge is -2.07. The van der Waals surface area contributed by atoms with E-state index in [-0.39, 0.29) is 17.4 Å². The van der Waals surface area contributed by atoms with E-state index in [1.54, 1.807) is 7.11 Å². The van der Waals surface area contributed by atoms with Crippen molar-refractivity contribution in [2.24, 2.45) is 0 Å². The largest absolute Gasteiger partial charge is 0.495 e. The molecule has 1 N–H and O–H groups in total. The van der Waals surface area contributed by atoms with Crippen molar-refractivity contribution in [1.82, 2.24) is 10.2 Å². The number of hydrogen-bond donors (Lipinski definition) is 1. The van der Waals surface area contributed by atoms with Crippen molar-refractivity contribution in [2.45, 2.75) is 4.34 Å². The molecule has 0 unspecified atom stereocenters. The van der Waals surface area contributed by atoms with E-state index < -0.39 is 0 Å². The molecule has 0 fully saturated rings. The number of carbonyl (C=O) groups is 1. The molecule has 0 aliphatic heterocycles. The highest BCUT2D eigenvalue weighted by Crippen LogP contribution is 2.31. The number of benzene rings is 2. The molecule has 8 heteroatoms. The zero-order chi connectivity index (χ0) is 17.6. The smallest absolute Gasteiger partial charge is 0.210 e. The van der Waals surface area contributed by atoms with Gasteiger partial charge in [-0.05, 0) is 36.4 Å². The molecule has 0 saturated heterocycles. The highest BCUT2D eigenvalue weighted by atomic mass is 32.2. The minimum Gasteiger partial charge on any atom is -0.495 e. The van der Waals surface area contributed by atoms with Gasteiger partial charge in [0, 0.05) is 5.56 Å². The second-order valence-electron chi connectivity index (χ2n) is 4.92. The normalized spacial score (nSPS) is 10.5. The van der Waals surface area contributed by atoms with Crippen molar-refractivity contribution >= 4 is 39.7 Å². The van der Waals surface area contributed by atoms with Gasteiger partial charge in [-0.2, -0.15) is 0 Å². The summed E-state index contributed by atoms with van der Waals surface area (Å²) in [7, 11) is 1.60. The standard InChI is InChI=1S/C17H14FN3O2S2/c1-23-15-5-3-2-4-13(15)19-16-20-21-17(25-16)24-10-14(22)11-6-8-12(18)9-7-11/h2-9H,10H2,1H3,(H,19,20). The van der Waals surface area contributed by atoms with Crippen LogP contribution in [0.2, 0.25) is 0 Å². The number of carbonyl (C=O) groups excluding carboxylic acids is 1. The predicted molar refractivity (Wildman–Crippen MR) is 97.6 cm³/mol. The summed E-state index contributed by atoms with van der Waals surface area (Å²) in [5.41, 5.74) is 1.27. The van der Waals surface area contributed by atoms with E-state index in [1.165, 1.54) is 47.4 Å². The number of aromatic nitrogens is 2. The summed E-state index contributed by atoms with van der Waals surface area (Å²) in [6.45, 7) is 0. The number of para-hydroxylation sites is 2. The SMILES string of the molecule is COc1ccccc1Nc1nnc(SCC(=O)c2ccc(F)cc2)s1. The van der Waals surface area contributed by atoms with E-state index in [0.29, 0.717) is 20.8 Å². The molecule has 1 heterocycles. The maximum Gasteiger partial charge on any atom is 0.210 e. The van der Waals surface area contributed by atoms with E-state index in [1.807, 2.05) is 24.3 Å². The van der Waals surface area contributed by atoms with Crippen LogP contribution in [0.15, 0.2) is 52.9 Å². The molecular formula is C17H14FN3O2S2. The molecule has 0 spiro atoms. The van der Waals surface area contributed by atoms with E-state index in [2.05, 4.69) is 15.5 Å². The number of nitrogens with zero attached hydrogens (tertiary/aromatic N) is 2. The number of anilines is 2. The zero-order valence-corrected chi connectivity index (χ0v) is 14.9. The molecule has 3 rings (SSSR count). The van der Waals surface area contributed by atoms with Gasteiger partial charge in [0.15, 0.2) is 10.1 Å². The van der Waals surface area contributed by atoms with Gasteiger partial charge in [-0.25, -0.2) is 4.39 Å². The molecule has 128 valence electrons. The van der Waals surface area contributed by atoms with Crippen LogP contribution >= 0.6 is 23.1 Å². The highest BCUT2D eigenvalue weighted by molar-refractivity contribution is 8.01. The fourth-order valence-electron chi connectivity index (χ4n) is 2.03. The number of nitrogens with one attached hydrogen (secondary N) is 1. The number of hydrogen-bond acceptors (Lipinski definition) is 7. The van der Waals surface area contributed by atoms with Crippen LogP contribution in [0.1, 0.15) is 10.4 Å². The first-order valence-corrected chi connectivity index (χ1v) is 9.11. The lowest BCUT2D eigenvalue weighted by molar-refractivity contribution is 0.102. The van der Waals surface area contributed by atoms with E-state index in [0.717, 1.165) is 5.69 Å². The van der Waals surface area contributed by atoms with Crippen LogP contribution in [-0.2, 0) is 0 Å². The van der Waals surface area contributed by atoms with E-state index >= 15 is 0 Å². The average molecular weight is 375 g/mol. The molecule has 0 radical (unpaired) electrons. The Balaban J connectivity index is 1.60. The first-order chi connectivity index (χ1) is 12.2. The summed E-state index contributed by atoms with van der Waals surface area (Å²) in [6, 6.07) is 13.0. The van der Waals surface area contributed by atoms with Crippen LogP contribution in [0.4, 0.5) is 15.2 Å². The van der Waals surface area contributed by atoms with Crippen molar-refractivity contribution in [1.29, 1.82) is 0 Å². The summed E-state index contributed by atoms with van der Waals surface area (Å²) in [5, 5.41) is 11.9. The lowest BCUT2D eigenvalue weighted by atomic mass is 10.1. The maximum atomic E-state index is 12.9. The molecule has 0 amide bonds. The Labute approximate surface area is 152 Å². The van der Waals surface area contributed by atoms with Gasteiger partial charge >= 0.3 is 0 Å². The Morgan fingerprint density at radius 2 is 1.96 bits per heavy atom. The molecule has 0 bridgehead atoms. The maximum absolute atomic E-state index is 12.9. The summed E-state index contributed by atoms with van der Waals surface area (Å²) in [6.07, 6.45) is 0. The molecular weight excluding hydrogens is 361 g/mol. The van der Waals surface area contributed by atoms with Crippen molar-refractivity contribution in [3.05, 3.63) is 59.9 Å². The lowest BCUT2D eigenvalue weighted by Crippen LogP contribution is -2.01. The molecule has 1 aromatic heterocycles. The van der Waals surface area contributed by atoms with Gasteiger partial charge in [-0.3, -0.25) is 4.79 Å². The quantitative estimate of drug-likeness (QED) is 0.488. The topological polar surface area (TPSA) is 64.1 Å². The van der Waals surface area contributed by atoms with Crippen LogP contribution in [0.5, 0.6) is 5.75 Å². The number of methoxy groups -OCH3 is 1. The van der Waals surface area contributed by atoms with Gasteiger partial charge in [0.2, 0.25) is 5.13 Å². The summed E-state index contributed by atoms with van der Waals surface area (Å²) in [5.74, 6) is 0.479. The Kier molecular flexibility index (Phi) is 5.62. The van der Waals surface area contributed by atoms with Crippen LogP contribution in [-0.4, -0.2) is 28.8 Å². The van der Waals surface area contributed by atoms with Gasteiger partial charge in [-0.1, -0.05) is 35.2 Å². The first kappa shape index (κ1) is 17.4. The minimum atomic E-state index is -0.361. The molecule has 0 aliphatic rings. The molecule has 3 aromatic rings. The molecule has 2 aromatic carbocycles. The number of ketones is 1. The summed E-state index contributed by atoms with van der Waals surface area (Å²) in [4.78, 5) is 12.1. The van der Waals surface area contributed by atoms with Crippen molar-refractivity contribution in [2.75, 3.05) is 18.2 Å². The van der Waals surface area contributed by atoms with Crippen LogP contribution < -0.4 is 10.1 Å². The molecule has 5 nitrogen and oxygen atoms in total. The van der Waals surface area contributed by atoms with Gasteiger partial charge < -0.3 is 10.1 Å². The average Bonchev–Trinajstić information content (AvgIpc) is 3.08. The Morgan fingerprint density at radius 1 is 1.20 bits per heavy atom. The van der Waals surface area contributed by atoms with Gasteiger partial charge in [0.1, 0.15) is 11.6 Å². The van der Waals surface area contributed by atoms with Gasteiger partial charge in [-0.15, -0.1) is 10.2 Å². The summed E-state index contributed by atoms with van der Waals surface area (Å²) < 4.78 is 18.8. The number of halogens is 1. The number of Topliss-reactive ketones (excluding diaryl/α,β-unsaturated/α-hetero) is 1. The summed E-state index contributed by atoms with van der Waals surface area (Å²) >= 11 is 2.65. The minimum absolute atomic E-state index is 0.0839. The second kappa shape index (κ2) is 8.09. The Bertz CT molecular complexity index is 868. The van der Waals surface area contributed by atoms with Crippen LogP contribution in [0, 0.1) is 5.82 Å². The van der Waals surface area contributed by atoms with E-state index in [4.69, 9.17) is 4.74 Å². The van der Waals surface area contributed by atoms with Crippen LogP contribution in [0.3, 0.4) is 0 Å². The molecule has 0 saturated carbocycles. The zero-order valence-electron chi connectivity index (χ0n) is 13.2. The molecule has 0 atom stereocenters. The van der Waals surface area contributed by atoms with Gasteiger partial charge in [0.05, 0.1) is 18.6 Å². The third kappa shape index (κ3) is 4.55. The van der Waals surface area contributed by atoms with Crippen molar-refractivity contribution < 1.29 is 13.9 Å². The van der Waals surface area contributed by atoms with Gasteiger partial charge in [0.25, 0.3) is 0 Å². The predicted octanol–water partition coefficient (Wildman–Crippen LogP) is 4.40. The van der Waals surface area contributed by atoms with E-state index in [9.17, 15) is 9.18 Å². The Morgan fingerprint density at radius 3 is 2.72 bits per heavy atom. The second-order valence-corrected chi connectivity index (χ2v) is 7.12. The fraction of sp³-hybridized carbons (Fsp3) is 0.118. The number of thioether (sulfide) groups is 1. The Hall–Kier alpha value is -2.45. The number of ether oxygens (including phenoxy) is 1. The third-order valence-corrected chi connectivity index (χ3v) is 5.22. The molecule has 25 heavy (non-hydrogen) atoms. The third-order valence-electron chi connectivity index (χ3n) is 3.25. The molecule has 0 aliphatic carbocycles. The van der Waals surface area contributed by atoms with Crippen molar-refractivity contribution in [3.8, 4) is 5.75 Å². The highest BCUT2D eigenvalue weighted by Gasteiger charge is 2.11. The monoisotopic (exact) mass is 375 g/mol. The number of rotatable bonds is 7. The first-order valence-electron chi connectivity index (χ1n) is 7.31. The van der Waals surface area contributed by atoms with Crippen LogP contribution in [0.25, 0.3) is 0 Å². The van der Waals surface area contributed by atoms with Crippen molar-refractivity contribution in [3.63, 3.8) is 0 Å². The fourth-order valence-corrected chi connectivity index (χ4v) is 3.69.